The van der Waals surface area contributed by atoms with Crippen LogP contribution in [0.1, 0.15) is 11.4 Å². The molecular formula is C13H20N2O3. The number of rotatable bonds is 7. The van der Waals surface area contributed by atoms with Crippen LogP contribution in [-0.4, -0.2) is 49.8 Å². The van der Waals surface area contributed by atoms with Crippen LogP contribution in [-0.2, 0) is 20.8 Å². The van der Waals surface area contributed by atoms with Crippen LogP contribution in [0.15, 0.2) is 18.2 Å². The average Bonchev–Trinajstić information content (AvgIpc) is 2.34. The van der Waals surface area contributed by atoms with Gasteiger partial charge < -0.3 is 14.4 Å². The van der Waals surface area contributed by atoms with Crippen molar-refractivity contribution in [2.75, 3.05) is 34.0 Å². The summed E-state index contributed by atoms with van der Waals surface area (Å²) < 4.78 is 10.0. The molecule has 1 aromatic heterocycles. The Labute approximate surface area is 108 Å². The first kappa shape index (κ1) is 14.6. The van der Waals surface area contributed by atoms with E-state index in [1.165, 1.54) is 0 Å². The third-order valence-electron chi connectivity index (χ3n) is 2.43. The number of aryl methyl sites for hydroxylation is 1. The lowest BCUT2D eigenvalue weighted by molar-refractivity contribution is -0.135. The fourth-order valence-electron chi connectivity index (χ4n) is 1.43. The minimum Gasteiger partial charge on any atom is -0.382 e. The lowest BCUT2D eigenvalue weighted by Gasteiger charge is -2.16. The number of amides is 1. The summed E-state index contributed by atoms with van der Waals surface area (Å²) in [5.41, 5.74) is 1.83. The van der Waals surface area contributed by atoms with Crippen LogP contribution in [0.3, 0.4) is 0 Å². The highest BCUT2D eigenvalue weighted by Crippen LogP contribution is 2.02. The zero-order valence-corrected chi connectivity index (χ0v) is 11.2. The highest BCUT2D eigenvalue weighted by Gasteiger charge is 2.09. The largest absolute Gasteiger partial charge is 0.382 e. The molecule has 0 bridgehead atoms. The highest BCUT2D eigenvalue weighted by molar-refractivity contribution is 5.77. The molecule has 1 amide bonds. The number of aromatic nitrogens is 1. The molecule has 0 atom stereocenters. The number of carbonyl (C=O) groups is 1. The molecule has 5 heteroatoms. The van der Waals surface area contributed by atoms with Gasteiger partial charge in [-0.3, -0.25) is 9.78 Å². The van der Waals surface area contributed by atoms with Gasteiger partial charge in [-0.05, 0) is 19.1 Å². The number of methoxy groups -OCH3 is 1. The van der Waals surface area contributed by atoms with E-state index in [0.29, 0.717) is 19.8 Å². The number of hydrogen-bond donors (Lipinski definition) is 0. The zero-order chi connectivity index (χ0) is 13.4. The number of pyridine rings is 1. The maximum Gasteiger partial charge on any atom is 0.248 e. The van der Waals surface area contributed by atoms with Gasteiger partial charge in [0.2, 0.25) is 5.91 Å². The van der Waals surface area contributed by atoms with Gasteiger partial charge in [0.1, 0.15) is 6.61 Å². The second-order valence-electron chi connectivity index (χ2n) is 4.07. The quantitative estimate of drug-likeness (QED) is 0.680. The Balaban J connectivity index is 2.35. The average molecular weight is 252 g/mol. The number of carbonyl (C=O) groups excluding carboxylic acids is 1. The van der Waals surface area contributed by atoms with Crippen molar-refractivity contribution in [1.82, 2.24) is 9.88 Å². The van der Waals surface area contributed by atoms with Crippen LogP contribution < -0.4 is 0 Å². The molecule has 0 aromatic carbocycles. The second-order valence-corrected chi connectivity index (χ2v) is 4.07. The van der Waals surface area contributed by atoms with Gasteiger partial charge >= 0.3 is 0 Å². The van der Waals surface area contributed by atoms with E-state index in [1.54, 1.807) is 19.1 Å². The van der Waals surface area contributed by atoms with Crippen LogP contribution >= 0.6 is 0 Å². The molecule has 0 radical (unpaired) electrons. The number of nitrogens with zero attached hydrogens (tertiary/aromatic N) is 2. The molecule has 0 fully saturated rings. The predicted octanol–water partition coefficient (Wildman–Crippen LogP) is 1.01. The van der Waals surface area contributed by atoms with Crippen LogP contribution in [0.25, 0.3) is 0 Å². The van der Waals surface area contributed by atoms with Crippen LogP contribution in [0.5, 0.6) is 0 Å². The molecule has 1 aromatic rings. The summed E-state index contributed by atoms with van der Waals surface area (Å²) in [6, 6.07) is 5.77. The molecule has 0 aliphatic rings. The van der Waals surface area contributed by atoms with Gasteiger partial charge in [0.25, 0.3) is 0 Å². The SMILES string of the molecule is COCCOCC(=O)N(C)Cc1cccc(C)n1. The summed E-state index contributed by atoms with van der Waals surface area (Å²) in [5, 5.41) is 0. The van der Waals surface area contributed by atoms with E-state index in [4.69, 9.17) is 9.47 Å². The predicted molar refractivity (Wildman–Crippen MR) is 68.1 cm³/mol. The lowest BCUT2D eigenvalue weighted by Crippen LogP contribution is -2.30. The molecule has 0 N–H and O–H groups in total. The van der Waals surface area contributed by atoms with Gasteiger partial charge in [-0.25, -0.2) is 0 Å². The summed E-state index contributed by atoms with van der Waals surface area (Å²) in [5.74, 6) is -0.0607. The van der Waals surface area contributed by atoms with Gasteiger partial charge in [-0.1, -0.05) is 6.07 Å². The van der Waals surface area contributed by atoms with Gasteiger partial charge in [0, 0.05) is 19.9 Å². The second kappa shape index (κ2) is 7.79. The van der Waals surface area contributed by atoms with E-state index in [0.717, 1.165) is 11.4 Å². The Morgan fingerprint density at radius 1 is 1.39 bits per heavy atom. The van der Waals surface area contributed by atoms with Crippen molar-refractivity contribution in [3.8, 4) is 0 Å². The maximum absolute atomic E-state index is 11.7. The van der Waals surface area contributed by atoms with Crippen LogP contribution in [0, 0.1) is 6.92 Å². The molecule has 0 spiro atoms. The molecule has 0 saturated heterocycles. The van der Waals surface area contributed by atoms with E-state index in [2.05, 4.69) is 4.98 Å². The molecule has 0 unspecified atom stereocenters. The van der Waals surface area contributed by atoms with Gasteiger partial charge in [-0.15, -0.1) is 0 Å². The van der Waals surface area contributed by atoms with E-state index in [1.807, 2.05) is 25.1 Å². The Morgan fingerprint density at radius 2 is 2.17 bits per heavy atom. The van der Waals surface area contributed by atoms with Crippen LogP contribution in [0.2, 0.25) is 0 Å². The van der Waals surface area contributed by atoms with Crippen molar-refractivity contribution in [1.29, 1.82) is 0 Å². The fraction of sp³-hybridized carbons (Fsp3) is 0.538. The Hall–Kier alpha value is -1.46. The standard InChI is InChI=1S/C13H20N2O3/c1-11-5-4-6-12(14-11)9-15(2)13(16)10-18-8-7-17-3/h4-6H,7-10H2,1-3H3. The molecule has 1 rings (SSSR count). The highest BCUT2D eigenvalue weighted by atomic mass is 16.5. The van der Waals surface area contributed by atoms with E-state index >= 15 is 0 Å². The third-order valence-corrected chi connectivity index (χ3v) is 2.43. The van der Waals surface area contributed by atoms with Crippen molar-refractivity contribution in [2.24, 2.45) is 0 Å². The summed E-state index contributed by atoms with van der Waals surface area (Å²) in [6.45, 7) is 3.42. The van der Waals surface area contributed by atoms with Gasteiger partial charge in [0.15, 0.2) is 0 Å². The van der Waals surface area contributed by atoms with E-state index in [-0.39, 0.29) is 12.5 Å². The molecule has 0 aliphatic heterocycles. The smallest absolute Gasteiger partial charge is 0.248 e. The normalized spacial score (nSPS) is 10.4. The van der Waals surface area contributed by atoms with E-state index < -0.39 is 0 Å². The monoisotopic (exact) mass is 252 g/mol. The lowest BCUT2D eigenvalue weighted by atomic mass is 10.3. The Kier molecular flexibility index (Phi) is 6.32. The fourth-order valence-corrected chi connectivity index (χ4v) is 1.43. The van der Waals surface area contributed by atoms with Gasteiger partial charge in [0.05, 0.1) is 25.5 Å². The summed E-state index contributed by atoms with van der Waals surface area (Å²) in [6.07, 6.45) is 0. The van der Waals surface area contributed by atoms with Crippen molar-refractivity contribution in [3.05, 3.63) is 29.6 Å². The molecule has 0 aliphatic carbocycles. The Morgan fingerprint density at radius 3 is 2.83 bits per heavy atom. The maximum atomic E-state index is 11.7. The van der Waals surface area contributed by atoms with Crippen LogP contribution in [0.4, 0.5) is 0 Å². The van der Waals surface area contributed by atoms with Crippen molar-refractivity contribution in [3.63, 3.8) is 0 Å². The molecule has 5 nitrogen and oxygen atoms in total. The summed E-state index contributed by atoms with van der Waals surface area (Å²) >= 11 is 0. The third kappa shape index (κ3) is 5.25. The number of ether oxygens (including phenoxy) is 2. The first-order valence-electron chi connectivity index (χ1n) is 5.86. The first-order valence-corrected chi connectivity index (χ1v) is 5.86. The topological polar surface area (TPSA) is 51.7 Å². The molecular weight excluding hydrogens is 232 g/mol. The summed E-state index contributed by atoms with van der Waals surface area (Å²) in [4.78, 5) is 17.7. The first-order chi connectivity index (χ1) is 8.63. The minimum absolute atomic E-state index is 0.0607. The van der Waals surface area contributed by atoms with E-state index in [9.17, 15) is 4.79 Å². The molecule has 100 valence electrons. The van der Waals surface area contributed by atoms with Crippen molar-refractivity contribution in [2.45, 2.75) is 13.5 Å². The van der Waals surface area contributed by atoms with Crippen molar-refractivity contribution < 1.29 is 14.3 Å². The molecule has 1 heterocycles. The number of likely N-dealkylation sites (N-methyl/N-ethyl adjacent to an activating group) is 1. The molecule has 18 heavy (non-hydrogen) atoms. The van der Waals surface area contributed by atoms with Crippen molar-refractivity contribution >= 4 is 5.91 Å². The Bertz CT molecular complexity index is 382. The molecule has 0 saturated carbocycles. The number of hydrogen-bond acceptors (Lipinski definition) is 4. The zero-order valence-electron chi connectivity index (χ0n) is 11.2. The van der Waals surface area contributed by atoms with Gasteiger partial charge in [-0.2, -0.15) is 0 Å². The minimum atomic E-state index is -0.0607. The summed E-state index contributed by atoms with van der Waals surface area (Å²) in [7, 11) is 3.34.